The van der Waals surface area contributed by atoms with Gasteiger partial charge in [0.1, 0.15) is 5.82 Å². The van der Waals surface area contributed by atoms with Crippen molar-refractivity contribution in [1.29, 1.82) is 0 Å². The second kappa shape index (κ2) is 9.62. The van der Waals surface area contributed by atoms with Crippen LogP contribution in [0.5, 0.6) is 0 Å². The molecule has 0 N–H and O–H groups in total. The molecule has 0 aliphatic carbocycles. The van der Waals surface area contributed by atoms with E-state index in [-0.39, 0.29) is 22.2 Å². The molecular formula is C22H24FN3O4S2. The lowest BCUT2D eigenvalue weighted by Gasteiger charge is -2.27. The first-order valence-electron chi connectivity index (χ1n) is 10.3. The number of hydrogen-bond acceptors (Lipinski definition) is 7. The standard InChI is InChI=1S/C22H24FN3O4S2/c1-32(28,29)18-5-2-4-16(14-18)21(27)26(9-3-8-25-10-12-30-13-11-25)22-24-19-7-6-17(23)15-20(19)31-22/h2,4-7,14-15H,3,8-13H2,1H3. The van der Waals surface area contributed by atoms with Crippen LogP contribution in [-0.2, 0) is 14.6 Å². The fourth-order valence-corrected chi connectivity index (χ4v) is 5.26. The molecule has 2 aromatic carbocycles. The lowest BCUT2D eigenvalue weighted by Crippen LogP contribution is -2.39. The zero-order chi connectivity index (χ0) is 22.7. The summed E-state index contributed by atoms with van der Waals surface area (Å²) < 4.78 is 43.6. The maximum Gasteiger partial charge on any atom is 0.260 e. The Hall–Kier alpha value is -2.40. The summed E-state index contributed by atoms with van der Waals surface area (Å²) in [5.74, 6) is -0.698. The van der Waals surface area contributed by atoms with Crippen molar-refractivity contribution < 1.29 is 22.3 Å². The number of anilines is 1. The summed E-state index contributed by atoms with van der Waals surface area (Å²) in [6.07, 6.45) is 1.82. The van der Waals surface area contributed by atoms with Crippen molar-refractivity contribution in [1.82, 2.24) is 9.88 Å². The summed E-state index contributed by atoms with van der Waals surface area (Å²) in [5.41, 5.74) is 0.881. The van der Waals surface area contributed by atoms with Crippen LogP contribution in [-0.4, -0.2) is 69.9 Å². The van der Waals surface area contributed by atoms with Crippen molar-refractivity contribution in [3.05, 3.63) is 53.8 Å². The molecule has 1 aliphatic heterocycles. The molecule has 170 valence electrons. The molecule has 0 atom stereocenters. The molecule has 0 bridgehead atoms. The Kier molecular flexibility index (Phi) is 6.85. The van der Waals surface area contributed by atoms with Gasteiger partial charge in [0.15, 0.2) is 15.0 Å². The Balaban J connectivity index is 1.62. The molecule has 0 spiro atoms. The van der Waals surface area contributed by atoms with E-state index in [0.29, 0.717) is 41.5 Å². The first-order valence-corrected chi connectivity index (χ1v) is 13.0. The topological polar surface area (TPSA) is 79.8 Å². The van der Waals surface area contributed by atoms with Crippen LogP contribution in [0.1, 0.15) is 16.8 Å². The molecule has 0 unspecified atom stereocenters. The van der Waals surface area contributed by atoms with Crippen LogP contribution in [0.2, 0.25) is 0 Å². The number of morpholine rings is 1. The normalized spacial score (nSPS) is 15.2. The average Bonchev–Trinajstić information content (AvgIpc) is 3.19. The molecule has 10 heteroatoms. The Labute approximate surface area is 190 Å². The molecule has 7 nitrogen and oxygen atoms in total. The lowest BCUT2D eigenvalue weighted by molar-refractivity contribution is 0.0376. The molecule has 1 amide bonds. The summed E-state index contributed by atoms with van der Waals surface area (Å²) in [6, 6.07) is 10.3. The molecule has 0 saturated carbocycles. The second-order valence-electron chi connectivity index (χ2n) is 7.67. The third-order valence-electron chi connectivity index (χ3n) is 5.28. The van der Waals surface area contributed by atoms with E-state index in [2.05, 4.69) is 9.88 Å². The summed E-state index contributed by atoms with van der Waals surface area (Å²) in [7, 11) is -3.45. The minimum atomic E-state index is -3.45. The van der Waals surface area contributed by atoms with Crippen molar-refractivity contribution in [2.24, 2.45) is 0 Å². The Morgan fingerprint density at radius 1 is 1.22 bits per heavy atom. The zero-order valence-electron chi connectivity index (χ0n) is 17.7. The van der Waals surface area contributed by atoms with E-state index in [0.717, 1.165) is 25.9 Å². The van der Waals surface area contributed by atoms with Crippen molar-refractivity contribution in [2.45, 2.75) is 11.3 Å². The summed E-state index contributed by atoms with van der Waals surface area (Å²) >= 11 is 1.24. The van der Waals surface area contributed by atoms with Gasteiger partial charge >= 0.3 is 0 Å². The fourth-order valence-electron chi connectivity index (χ4n) is 3.58. The number of rotatable bonds is 7. The van der Waals surface area contributed by atoms with E-state index in [1.54, 1.807) is 23.1 Å². The minimum Gasteiger partial charge on any atom is -0.379 e. The highest BCUT2D eigenvalue weighted by Crippen LogP contribution is 2.30. The van der Waals surface area contributed by atoms with Gasteiger partial charge in [-0.3, -0.25) is 14.6 Å². The number of fused-ring (bicyclic) bond motifs is 1. The number of carbonyl (C=O) groups excluding carboxylic acids is 1. The molecule has 2 heterocycles. The lowest BCUT2D eigenvalue weighted by atomic mass is 10.2. The smallest absolute Gasteiger partial charge is 0.260 e. The quantitative estimate of drug-likeness (QED) is 0.520. The molecule has 1 aliphatic rings. The molecule has 1 fully saturated rings. The molecule has 32 heavy (non-hydrogen) atoms. The Bertz CT molecular complexity index is 1220. The van der Waals surface area contributed by atoms with E-state index in [1.165, 1.54) is 35.6 Å². The molecular weight excluding hydrogens is 453 g/mol. The fraction of sp³-hybridized carbons (Fsp3) is 0.364. The number of halogens is 1. The monoisotopic (exact) mass is 477 g/mol. The van der Waals surface area contributed by atoms with E-state index < -0.39 is 9.84 Å². The van der Waals surface area contributed by atoms with E-state index in [4.69, 9.17) is 4.74 Å². The summed E-state index contributed by atoms with van der Waals surface area (Å²) in [6.45, 7) is 4.31. The predicted octanol–water partition coefficient (Wildman–Crippen LogP) is 3.21. The van der Waals surface area contributed by atoms with Gasteiger partial charge in [0, 0.05) is 38.0 Å². The Morgan fingerprint density at radius 3 is 2.75 bits per heavy atom. The van der Waals surface area contributed by atoms with Crippen LogP contribution in [0.25, 0.3) is 10.2 Å². The highest BCUT2D eigenvalue weighted by Gasteiger charge is 2.23. The van der Waals surface area contributed by atoms with Crippen molar-refractivity contribution in [3.63, 3.8) is 0 Å². The van der Waals surface area contributed by atoms with Gasteiger partial charge in [0.25, 0.3) is 5.91 Å². The first-order chi connectivity index (χ1) is 15.3. The van der Waals surface area contributed by atoms with E-state index in [9.17, 15) is 17.6 Å². The number of benzene rings is 2. The van der Waals surface area contributed by atoms with Crippen molar-refractivity contribution in [3.8, 4) is 0 Å². The molecule has 1 aromatic heterocycles. The van der Waals surface area contributed by atoms with Gasteiger partial charge in [0.05, 0.1) is 28.3 Å². The molecule has 4 rings (SSSR count). The maximum atomic E-state index is 13.7. The van der Waals surface area contributed by atoms with Gasteiger partial charge in [-0.1, -0.05) is 17.4 Å². The third-order valence-corrected chi connectivity index (χ3v) is 7.44. The zero-order valence-corrected chi connectivity index (χ0v) is 19.3. The number of nitrogens with zero attached hydrogens (tertiary/aromatic N) is 3. The number of carbonyl (C=O) groups is 1. The highest BCUT2D eigenvalue weighted by molar-refractivity contribution is 7.90. The molecule has 1 saturated heterocycles. The van der Waals surface area contributed by atoms with Crippen LogP contribution in [0, 0.1) is 5.82 Å². The number of hydrogen-bond donors (Lipinski definition) is 0. The Morgan fingerprint density at radius 2 is 2.00 bits per heavy atom. The molecule has 0 radical (unpaired) electrons. The minimum absolute atomic E-state index is 0.0861. The van der Waals surface area contributed by atoms with Gasteiger partial charge in [0.2, 0.25) is 0 Å². The van der Waals surface area contributed by atoms with Crippen LogP contribution in [0.15, 0.2) is 47.4 Å². The summed E-state index contributed by atoms with van der Waals surface area (Å²) in [5, 5.41) is 0.460. The third kappa shape index (κ3) is 5.32. The number of ether oxygens (including phenoxy) is 1. The van der Waals surface area contributed by atoms with Crippen molar-refractivity contribution >= 4 is 42.4 Å². The van der Waals surface area contributed by atoms with Crippen molar-refractivity contribution in [2.75, 3.05) is 50.5 Å². The highest BCUT2D eigenvalue weighted by atomic mass is 32.2. The van der Waals surface area contributed by atoms with Crippen LogP contribution < -0.4 is 4.90 Å². The van der Waals surface area contributed by atoms with Crippen LogP contribution in [0.3, 0.4) is 0 Å². The SMILES string of the molecule is CS(=O)(=O)c1cccc(C(=O)N(CCCN2CCOCC2)c2nc3ccc(F)cc3s2)c1. The van der Waals surface area contributed by atoms with Crippen LogP contribution in [0.4, 0.5) is 9.52 Å². The largest absolute Gasteiger partial charge is 0.379 e. The van der Waals surface area contributed by atoms with Gasteiger partial charge < -0.3 is 4.74 Å². The van der Waals surface area contributed by atoms with E-state index >= 15 is 0 Å². The van der Waals surface area contributed by atoms with Gasteiger partial charge in [-0.2, -0.15) is 0 Å². The van der Waals surface area contributed by atoms with Gasteiger partial charge in [-0.15, -0.1) is 0 Å². The molecule has 3 aromatic rings. The second-order valence-corrected chi connectivity index (χ2v) is 10.7. The summed E-state index contributed by atoms with van der Waals surface area (Å²) in [4.78, 5) is 21.9. The van der Waals surface area contributed by atoms with Gasteiger partial charge in [-0.25, -0.2) is 17.8 Å². The average molecular weight is 478 g/mol. The number of thiazole rings is 1. The van der Waals surface area contributed by atoms with E-state index in [1.807, 2.05) is 0 Å². The van der Waals surface area contributed by atoms with Gasteiger partial charge in [-0.05, 0) is 42.8 Å². The maximum absolute atomic E-state index is 13.7. The predicted molar refractivity (Wildman–Crippen MR) is 123 cm³/mol. The number of aromatic nitrogens is 1. The van der Waals surface area contributed by atoms with Crippen LogP contribution >= 0.6 is 11.3 Å². The number of sulfone groups is 1. The first kappa shape index (κ1) is 22.8. The number of amides is 1.